The molecule has 2 aromatic heterocycles. The lowest BCUT2D eigenvalue weighted by atomic mass is 10.1. The molecule has 0 radical (unpaired) electrons. The summed E-state index contributed by atoms with van der Waals surface area (Å²) in [5, 5.41) is 8.86. The number of hydrogen-bond acceptors (Lipinski definition) is 6. The maximum atomic E-state index is 12.8. The van der Waals surface area contributed by atoms with Gasteiger partial charge in [-0.15, -0.1) is 10.2 Å². The van der Waals surface area contributed by atoms with Gasteiger partial charge in [0, 0.05) is 25.6 Å². The molecule has 1 atom stereocenters. The summed E-state index contributed by atoms with van der Waals surface area (Å²) in [7, 11) is 0. The highest BCUT2D eigenvalue weighted by molar-refractivity contribution is 5.92. The summed E-state index contributed by atoms with van der Waals surface area (Å²) >= 11 is 0. The molecule has 0 aromatic carbocycles. The van der Waals surface area contributed by atoms with Gasteiger partial charge in [-0.2, -0.15) is 0 Å². The molecule has 27 heavy (non-hydrogen) atoms. The summed E-state index contributed by atoms with van der Waals surface area (Å²) in [6.45, 7) is 5.30. The van der Waals surface area contributed by atoms with Crippen LogP contribution in [-0.4, -0.2) is 55.2 Å². The molecule has 2 fully saturated rings. The Bertz CT molecular complexity index is 853. The molecule has 2 aliphatic heterocycles. The number of likely N-dealkylation sites (tertiary alicyclic amines) is 1. The molecule has 4 heterocycles. The normalized spacial score (nSPS) is 22.6. The third-order valence-corrected chi connectivity index (χ3v) is 5.80. The second-order valence-corrected chi connectivity index (χ2v) is 7.96. The maximum absolute atomic E-state index is 12.8. The van der Waals surface area contributed by atoms with Crippen molar-refractivity contribution in [2.75, 3.05) is 24.5 Å². The molecule has 1 saturated carbocycles. The zero-order chi connectivity index (χ0) is 18.4. The predicted molar refractivity (Wildman–Crippen MR) is 99.5 cm³/mol. The van der Waals surface area contributed by atoms with E-state index in [0.717, 1.165) is 49.9 Å². The Morgan fingerprint density at radius 1 is 1.11 bits per heavy atom. The van der Waals surface area contributed by atoms with Crippen LogP contribution in [0.2, 0.25) is 0 Å². The summed E-state index contributed by atoms with van der Waals surface area (Å²) in [5.41, 5.74) is 0.438. The minimum absolute atomic E-state index is 0.00621. The van der Waals surface area contributed by atoms with Gasteiger partial charge in [0.1, 0.15) is 17.3 Å². The molecule has 8 heteroatoms. The number of rotatable bonds is 3. The second kappa shape index (κ2) is 6.58. The van der Waals surface area contributed by atoms with E-state index in [4.69, 9.17) is 0 Å². The molecular formula is C19H25N7O. The maximum Gasteiger partial charge on any atom is 0.274 e. The number of nitrogens with zero attached hydrogens (tertiary/aromatic N) is 7. The Morgan fingerprint density at radius 2 is 1.93 bits per heavy atom. The first-order chi connectivity index (χ1) is 13.2. The standard InChI is InChI=1S/C19H25N7O/c1-13-11-25(12-17-22-23-18(26(13)17)14-5-6-14)16-10-20-9-15(21-16)19(27)24-7-3-2-4-8-24/h9-10,13-14H,2-8,11-12H2,1H3/t13-/m0/s1. The average molecular weight is 367 g/mol. The van der Waals surface area contributed by atoms with Gasteiger partial charge in [-0.3, -0.25) is 9.78 Å². The zero-order valence-electron chi connectivity index (χ0n) is 15.7. The molecule has 0 unspecified atom stereocenters. The molecule has 0 bridgehead atoms. The van der Waals surface area contributed by atoms with Gasteiger partial charge in [0.25, 0.3) is 5.91 Å². The van der Waals surface area contributed by atoms with E-state index in [1.807, 2.05) is 4.90 Å². The monoisotopic (exact) mass is 367 g/mol. The average Bonchev–Trinajstić information content (AvgIpc) is 3.47. The van der Waals surface area contributed by atoms with Gasteiger partial charge in [0.05, 0.1) is 25.0 Å². The fourth-order valence-corrected chi connectivity index (χ4v) is 4.23. The SMILES string of the molecule is C[C@H]1CN(c2cncc(C(=O)N3CCCCC3)n2)Cc2nnc(C3CC3)n21. The van der Waals surface area contributed by atoms with Gasteiger partial charge in [-0.25, -0.2) is 4.98 Å². The Hall–Kier alpha value is -2.51. The Labute approximate surface area is 158 Å². The summed E-state index contributed by atoms with van der Waals surface area (Å²) in [4.78, 5) is 25.8. The first-order valence-corrected chi connectivity index (χ1v) is 10.0. The largest absolute Gasteiger partial charge is 0.346 e. The number of fused-ring (bicyclic) bond motifs is 1. The molecule has 5 rings (SSSR count). The summed E-state index contributed by atoms with van der Waals surface area (Å²) in [5.74, 6) is 3.44. The van der Waals surface area contributed by atoms with Crippen molar-refractivity contribution in [2.24, 2.45) is 0 Å². The van der Waals surface area contributed by atoms with Crippen molar-refractivity contribution in [1.29, 1.82) is 0 Å². The third-order valence-electron chi connectivity index (χ3n) is 5.80. The van der Waals surface area contributed by atoms with E-state index >= 15 is 0 Å². The van der Waals surface area contributed by atoms with Crippen LogP contribution in [0.1, 0.15) is 73.1 Å². The number of carbonyl (C=O) groups is 1. The molecule has 142 valence electrons. The molecule has 1 aliphatic carbocycles. The second-order valence-electron chi connectivity index (χ2n) is 7.96. The summed E-state index contributed by atoms with van der Waals surface area (Å²) in [6, 6.07) is 0.280. The van der Waals surface area contributed by atoms with Gasteiger partial charge in [0.15, 0.2) is 5.82 Å². The molecule has 3 aliphatic rings. The van der Waals surface area contributed by atoms with Crippen LogP contribution < -0.4 is 4.90 Å². The van der Waals surface area contributed by atoms with Crippen molar-refractivity contribution in [3.05, 3.63) is 29.7 Å². The molecule has 8 nitrogen and oxygen atoms in total. The van der Waals surface area contributed by atoms with Crippen molar-refractivity contribution in [3.63, 3.8) is 0 Å². The Morgan fingerprint density at radius 3 is 2.70 bits per heavy atom. The van der Waals surface area contributed by atoms with Gasteiger partial charge in [0.2, 0.25) is 0 Å². The first kappa shape index (κ1) is 16.6. The Balaban J connectivity index is 1.38. The van der Waals surface area contributed by atoms with Crippen LogP contribution in [0.4, 0.5) is 5.82 Å². The highest BCUT2D eigenvalue weighted by Gasteiger charge is 2.35. The molecule has 1 saturated heterocycles. The minimum Gasteiger partial charge on any atom is -0.346 e. The van der Waals surface area contributed by atoms with E-state index < -0.39 is 0 Å². The third kappa shape index (κ3) is 3.07. The fraction of sp³-hybridized carbons (Fsp3) is 0.632. The van der Waals surface area contributed by atoms with Crippen molar-refractivity contribution < 1.29 is 4.79 Å². The molecule has 0 spiro atoms. The van der Waals surface area contributed by atoms with Crippen LogP contribution in [0.3, 0.4) is 0 Å². The van der Waals surface area contributed by atoms with E-state index in [-0.39, 0.29) is 11.9 Å². The topological polar surface area (TPSA) is 80.0 Å². The number of amides is 1. The van der Waals surface area contributed by atoms with Crippen molar-refractivity contribution in [1.82, 2.24) is 29.6 Å². The van der Waals surface area contributed by atoms with Crippen molar-refractivity contribution in [3.8, 4) is 0 Å². The molecular weight excluding hydrogens is 342 g/mol. The number of anilines is 1. The van der Waals surface area contributed by atoms with Crippen LogP contribution in [0, 0.1) is 0 Å². The van der Waals surface area contributed by atoms with E-state index in [2.05, 4.69) is 36.6 Å². The molecule has 0 N–H and O–H groups in total. The van der Waals surface area contributed by atoms with Crippen LogP contribution >= 0.6 is 0 Å². The summed E-state index contributed by atoms with van der Waals surface area (Å²) < 4.78 is 2.30. The number of piperidine rings is 1. The van der Waals surface area contributed by atoms with Gasteiger partial charge in [-0.1, -0.05) is 0 Å². The van der Waals surface area contributed by atoms with E-state index in [9.17, 15) is 4.79 Å². The first-order valence-electron chi connectivity index (χ1n) is 10.0. The molecule has 1 amide bonds. The van der Waals surface area contributed by atoms with E-state index in [0.29, 0.717) is 18.2 Å². The predicted octanol–water partition coefficient (Wildman–Crippen LogP) is 2.15. The smallest absolute Gasteiger partial charge is 0.274 e. The van der Waals surface area contributed by atoms with Crippen LogP contribution in [0.25, 0.3) is 0 Å². The lowest BCUT2D eigenvalue weighted by Gasteiger charge is -2.33. The quantitative estimate of drug-likeness (QED) is 0.827. The van der Waals surface area contributed by atoms with Crippen LogP contribution in [-0.2, 0) is 6.54 Å². The van der Waals surface area contributed by atoms with E-state index in [1.165, 1.54) is 19.3 Å². The zero-order valence-corrected chi connectivity index (χ0v) is 15.7. The number of aromatic nitrogens is 5. The Kier molecular flexibility index (Phi) is 4.06. The highest BCUT2D eigenvalue weighted by Crippen LogP contribution is 2.41. The fourth-order valence-electron chi connectivity index (χ4n) is 4.23. The van der Waals surface area contributed by atoms with Crippen LogP contribution in [0.5, 0.6) is 0 Å². The van der Waals surface area contributed by atoms with Crippen LogP contribution in [0.15, 0.2) is 12.4 Å². The highest BCUT2D eigenvalue weighted by atomic mass is 16.2. The van der Waals surface area contributed by atoms with E-state index in [1.54, 1.807) is 12.4 Å². The van der Waals surface area contributed by atoms with Crippen molar-refractivity contribution in [2.45, 2.75) is 57.5 Å². The minimum atomic E-state index is -0.00621. The number of hydrogen-bond donors (Lipinski definition) is 0. The van der Waals surface area contributed by atoms with Gasteiger partial charge in [-0.05, 0) is 39.0 Å². The summed E-state index contributed by atoms with van der Waals surface area (Å²) in [6.07, 6.45) is 9.12. The molecule has 2 aromatic rings. The number of carbonyl (C=O) groups excluding carboxylic acids is 1. The van der Waals surface area contributed by atoms with Gasteiger partial charge < -0.3 is 14.4 Å². The lowest BCUT2D eigenvalue weighted by molar-refractivity contribution is 0.0718. The lowest BCUT2D eigenvalue weighted by Crippen LogP contribution is -2.38. The van der Waals surface area contributed by atoms with Gasteiger partial charge >= 0.3 is 0 Å². The van der Waals surface area contributed by atoms with Crippen molar-refractivity contribution >= 4 is 11.7 Å².